The van der Waals surface area contributed by atoms with E-state index in [1.807, 2.05) is 24.3 Å². The lowest BCUT2D eigenvalue weighted by atomic mass is 10.1. The van der Waals surface area contributed by atoms with Gasteiger partial charge in [0.1, 0.15) is 17.8 Å². The van der Waals surface area contributed by atoms with Crippen molar-refractivity contribution in [3.63, 3.8) is 0 Å². The van der Waals surface area contributed by atoms with Crippen molar-refractivity contribution in [1.29, 1.82) is 0 Å². The molecule has 5 nitrogen and oxygen atoms in total. The zero-order valence-corrected chi connectivity index (χ0v) is 19.0. The van der Waals surface area contributed by atoms with Crippen LogP contribution >= 0.6 is 0 Å². The van der Waals surface area contributed by atoms with Crippen molar-refractivity contribution >= 4 is 28.9 Å². The first-order valence-corrected chi connectivity index (χ1v) is 11.4. The second kappa shape index (κ2) is 9.77. The highest BCUT2D eigenvalue weighted by Crippen LogP contribution is 2.28. The van der Waals surface area contributed by atoms with Crippen LogP contribution in [0.25, 0.3) is 34.7 Å². The molecule has 4 rings (SSSR count). The predicted octanol–water partition coefficient (Wildman–Crippen LogP) is 5.40. The molecule has 0 radical (unpaired) electrons. The van der Waals surface area contributed by atoms with E-state index in [1.165, 1.54) is 18.9 Å². The van der Waals surface area contributed by atoms with Crippen LogP contribution in [-0.2, 0) is 6.54 Å². The number of fused-ring (bicyclic) bond motifs is 2. The molecule has 2 aliphatic rings. The third-order valence-corrected chi connectivity index (χ3v) is 5.77. The van der Waals surface area contributed by atoms with Crippen LogP contribution in [-0.4, -0.2) is 18.1 Å². The largest absolute Gasteiger partial charge is 0.453 e. The predicted molar refractivity (Wildman–Crippen MR) is 131 cm³/mol. The lowest BCUT2D eigenvalue weighted by Crippen LogP contribution is -2.32. The SMILES string of the molecule is CCCC[n+]1ccc(/C=C/c2cc3nc4ccc(N(CC)CC)cc4oc-3cc2=O)cc1. The Balaban J connectivity index is 1.63. The maximum absolute atomic E-state index is 12.7. The Hall–Kier alpha value is -3.47. The lowest BCUT2D eigenvalue weighted by molar-refractivity contribution is -0.697. The second-order valence-electron chi connectivity index (χ2n) is 7.95. The molecule has 0 atom stereocenters. The molecule has 2 aromatic rings. The number of hydrogen-bond acceptors (Lipinski definition) is 4. The fourth-order valence-corrected chi connectivity index (χ4v) is 3.83. The molecule has 0 saturated heterocycles. The van der Waals surface area contributed by atoms with Crippen LogP contribution < -0.4 is 14.9 Å². The molecule has 1 aromatic heterocycles. The highest BCUT2D eigenvalue weighted by molar-refractivity contribution is 5.81. The number of pyridine rings is 1. The van der Waals surface area contributed by atoms with Crippen LogP contribution in [0.5, 0.6) is 0 Å². The minimum absolute atomic E-state index is 0.0764. The third kappa shape index (κ3) is 4.72. The van der Waals surface area contributed by atoms with E-state index in [0.29, 0.717) is 22.6 Å². The standard InChI is InChI=1S/C27H30N3O2/c1-4-7-14-29-15-12-20(13-16-29)8-9-21-17-24-27(19-25(21)31)32-26-18-22(30(5-2)6-3)10-11-23(26)28-24/h8-13,15-19H,4-7,14H2,1-3H3/q+1. The number of aryl methyl sites for hydroxylation is 1. The summed E-state index contributed by atoms with van der Waals surface area (Å²) in [5.74, 6) is 0.507. The minimum atomic E-state index is -0.0764. The van der Waals surface area contributed by atoms with Crippen molar-refractivity contribution in [3.8, 4) is 11.5 Å². The maximum atomic E-state index is 12.7. The first-order valence-electron chi connectivity index (χ1n) is 11.4. The van der Waals surface area contributed by atoms with E-state index in [9.17, 15) is 4.79 Å². The summed E-state index contributed by atoms with van der Waals surface area (Å²) < 4.78 is 8.23. The number of aromatic nitrogens is 2. The van der Waals surface area contributed by atoms with Crippen molar-refractivity contribution < 1.29 is 8.98 Å². The Morgan fingerprint density at radius 2 is 1.78 bits per heavy atom. The first-order chi connectivity index (χ1) is 15.6. The summed E-state index contributed by atoms with van der Waals surface area (Å²) in [5.41, 5.74) is 4.81. The molecule has 5 heteroatoms. The van der Waals surface area contributed by atoms with E-state index in [-0.39, 0.29) is 5.43 Å². The Bertz CT molecular complexity index is 1250. The molecule has 0 amide bonds. The van der Waals surface area contributed by atoms with Gasteiger partial charge in [-0.3, -0.25) is 4.79 Å². The average Bonchev–Trinajstić information content (AvgIpc) is 2.81. The Morgan fingerprint density at radius 1 is 1.00 bits per heavy atom. The van der Waals surface area contributed by atoms with E-state index in [4.69, 9.17) is 9.40 Å². The van der Waals surface area contributed by atoms with E-state index in [0.717, 1.165) is 36.4 Å². The molecule has 0 bridgehead atoms. The van der Waals surface area contributed by atoms with Crippen molar-refractivity contribution in [2.75, 3.05) is 18.0 Å². The molecule has 1 aliphatic heterocycles. The highest BCUT2D eigenvalue weighted by atomic mass is 16.3. The second-order valence-corrected chi connectivity index (χ2v) is 7.95. The van der Waals surface area contributed by atoms with Gasteiger partial charge in [0.15, 0.2) is 29.2 Å². The van der Waals surface area contributed by atoms with E-state index in [1.54, 1.807) is 6.07 Å². The summed E-state index contributed by atoms with van der Waals surface area (Å²) in [6.07, 6.45) is 10.3. The number of hydrogen-bond donors (Lipinski definition) is 0. The van der Waals surface area contributed by atoms with Gasteiger partial charge in [-0.25, -0.2) is 9.55 Å². The molecule has 1 aromatic carbocycles. The van der Waals surface area contributed by atoms with Gasteiger partial charge in [0, 0.05) is 55.0 Å². The quantitative estimate of drug-likeness (QED) is 0.279. The minimum Gasteiger partial charge on any atom is -0.453 e. The van der Waals surface area contributed by atoms with Gasteiger partial charge in [0.25, 0.3) is 0 Å². The monoisotopic (exact) mass is 428 g/mol. The fourth-order valence-electron chi connectivity index (χ4n) is 3.83. The Morgan fingerprint density at radius 3 is 2.50 bits per heavy atom. The molecule has 164 valence electrons. The van der Waals surface area contributed by atoms with Gasteiger partial charge in [0.2, 0.25) is 0 Å². The number of nitrogens with zero attached hydrogens (tertiary/aromatic N) is 3. The van der Waals surface area contributed by atoms with E-state index >= 15 is 0 Å². The topological polar surface area (TPSA) is 50.2 Å². The summed E-state index contributed by atoms with van der Waals surface area (Å²) in [6, 6.07) is 13.5. The summed E-state index contributed by atoms with van der Waals surface area (Å²) in [4.78, 5) is 19.7. The number of unbranched alkanes of at least 4 members (excludes halogenated alkanes) is 1. The van der Waals surface area contributed by atoms with Crippen LogP contribution in [0.1, 0.15) is 44.7 Å². The zero-order valence-electron chi connectivity index (χ0n) is 19.0. The Labute approximate surface area is 189 Å². The lowest BCUT2D eigenvalue weighted by Gasteiger charge is -2.21. The molecule has 0 spiro atoms. The molecule has 0 unspecified atom stereocenters. The smallest absolute Gasteiger partial charge is 0.189 e. The van der Waals surface area contributed by atoms with Gasteiger partial charge < -0.3 is 9.32 Å². The Kier molecular flexibility index (Phi) is 6.64. The number of anilines is 1. The van der Waals surface area contributed by atoms with Crippen molar-refractivity contribution in [2.45, 2.75) is 40.2 Å². The van der Waals surface area contributed by atoms with Gasteiger partial charge in [0.05, 0.1) is 0 Å². The number of benzene rings is 2. The molecule has 0 fully saturated rings. The average molecular weight is 429 g/mol. The molecular formula is C27H30N3O2+. The van der Waals surface area contributed by atoms with Crippen molar-refractivity contribution in [2.24, 2.45) is 0 Å². The van der Waals surface area contributed by atoms with Crippen LogP contribution in [0.4, 0.5) is 5.69 Å². The van der Waals surface area contributed by atoms with Gasteiger partial charge in [-0.1, -0.05) is 25.5 Å². The molecule has 1 aliphatic carbocycles. The van der Waals surface area contributed by atoms with E-state index in [2.05, 4.69) is 60.8 Å². The normalized spacial score (nSPS) is 11.6. The maximum Gasteiger partial charge on any atom is 0.189 e. The van der Waals surface area contributed by atoms with Gasteiger partial charge in [-0.05, 0) is 37.6 Å². The van der Waals surface area contributed by atoms with Gasteiger partial charge in [-0.2, -0.15) is 0 Å². The molecular weight excluding hydrogens is 398 g/mol. The molecule has 0 saturated carbocycles. The zero-order chi connectivity index (χ0) is 22.5. The van der Waals surface area contributed by atoms with Gasteiger partial charge >= 0.3 is 0 Å². The van der Waals surface area contributed by atoms with Crippen LogP contribution in [0, 0.1) is 0 Å². The van der Waals surface area contributed by atoms with Crippen molar-refractivity contribution in [1.82, 2.24) is 4.98 Å². The fraction of sp³-hybridized carbons (Fsp3) is 0.296. The summed E-state index contributed by atoms with van der Waals surface area (Å²) in [7, 11) is 0. The molecule has 2 heterocycles. The van der Waals surface area contributed by atoms with Crippen LogP contribution in [0.3, 0.4) is 0 Å². The van der Waals surface area contributed by atoms with Crippen LogP contribution in [0.15, 0.2) is 64.1 Å². The summed E-state index contributed by atoms with van der Waals surface area (Å²) in [6.45, 7) is 9.31. The van der Waals surface area contributed by atoms with Gasteiger partial charge in [-0.15, -0.1) is 0 Å². The van der Waals surface area contributed by atoms with Crippen LogP contribution in [0.2, 0.25) is 0 Å². The van der Waals surface area contributed by atoms with E-state index < -0.39 is 0 Å². The molecule has 32 heavy (non-hydrogen) atoms. The third-order valence-electron chi connectivity index (χ3n) is 5.77. The first kappa shape index (κ1) is 21.8. The number of rotatable bonds is 8. The molecule has 0 N–H and O–H groups in total. The van der Waals surface area contributed by atoms with Crippen molar-refractivity contribution in [3.05, 3.63) is 76.2 Å². The highest BCUT2D eigenvalue weighted by Gasteiger charge is 2.13. The summed E-state index contributed by atoms with van der Waals surface area (Å²) >= 11 is 0. The summed E-state index contributed by atoms with van der Waals surface area (Å²) in [5, 5.41) is 0.